The second-order valence-electron chi connectivity index (χ2n) is 5.10. The SMILES string of the molecule is CC(NC(=O)N1CC(CC(=O)O)C1)c1cccc(Cl)c1. The van der Waals surface area contributed by atoms with Crippen LogP contribution in [0.4, 0.5) is 4.79 Å². The minimum atomic E-state index is -0.817. The number of hydrogen-bond acceptors (Lipinski definition) is 2. The van der Waals surface area contributed by atoms with Gasteiger partial charge in [0.15, 0.2) is 0 Å². The van der Waals surface area contributed by atoms with E-state index in [1.54, 1.807) is 11.0 Å². The first-order chi connectivity index (χ1) is 9.45. The van der Waals surface area contributed by atoms with Gasteiger partial charge in [0.2, 0.25) is 0 Å². The van der Waals surface area contributed by atoms with Crippen molar-refractivity contribution in [3.8, 4) is 0 Å². The fourth-order valence-electron chi connectivity index (χ4n) is 2.25. The molecule has 20 heavy (non-hydrogen) atoms. The summed E-state index contributed by atoms with van der Waals surface area (Å²) in [4.78, 5) is 24.1. The molecule has 0 bridgehead atoms. The Kier molecular flexibility index (Phi) is 4.49. The first kappa shape index (κ1) is 14.7. The van der Waals surface area contributed by atoms with Crippen molar-refractivity contribution in [1.29, 1.82) is 0 Å². The number of benzene rings is 1. The van der Waals surface area contributed by atoms with Crippen LogP contribution in [0.3, 0.4) is 0 Å². The van der Waals surface area contributed by atoms with Crippen LogP contribution >= 0.6 is 11.6 Å². The highest BCUT2D eigenvalue weighted by atomic mass is 35.5. The summed E-state index contributed by atoms with van der Waals surface area (Å²) in [5, 5.41) is 12.2. The molecule has 0 spiro atoms. The molecule has 1 heterocycles. The van der Waals surface area contributed by atoms with Crippen LogP contribution in [0.1, 0.15) is 24.9 Å². The third kappa shape index (κ3) is 3.63. The fourth-order valence-corrected chi connectivity index (χ4v) is 2.45. The van der Waals surface area contributed by atoms with Gasteiger partial charge in [0, 0.05) is 24.0 Å². The third-order valence-electron chi connectivity index (χ3n) is 3.40. The van der Waals surface area contributed by atoms with Gasteiger partial charge in [-0.15, -0.1) is 0 Å². The lowest BCUT2D eigenvalue weighted by molar-refractivity contribution is -0.139. The Hall–Kier alpha value is -1.75. The number of rotatable bonds is 4. The summed E-state index contributed by atoms with van der Waals surface area (Å²) in [6, 6.07) is 7.04. The van der Waals surface area contributed by atoms with E-state index < -0.39 is 5.97 Å². The van der Waals surface area contributed by atoms with Crippen LogP contribution in [0.25, 0.3) is 0 Å². The lowest BCUT2D eigenvalue weighted by atomic mass is 9.97. The normalized spacial score (nSPS) is 16.4. The maximum absolute atomic E-state index is 12.0. The van der Waals surface area contributed by atoms with Crippen molar-refractivity contribution < 1.29 is 14.7 Å². The molecule has 5 nitrogen and oxygen atoms in total. The molecular formula is C14H17ClN2O3. The van der Waals surface area contributed by atoms with Crippen molar-refractivity contribution >= 4 is 23.6 Å². The summed E-state index contributed by atoms with van der Waals surface area (Å²) in [6.07, 6.45) is 0.119. The summed E-state index contributed by atoms with van der Waals surface area (Å²) in [5.74, 6) is -0.748. The number of aliphatic carboxylic acids is 1. The molecule has 1 aromatic rings. The van der Waals surface area contributed by atoms with Crippen LogP contribution in [-0.2, 0) is 4.79 Å². The van der Waals surface area contributed by atoms with Crippen molar-refractivity contribution in [2.45, 2.75) is 19.4 Å². The van der Waals surface area contributed by atoms with E-state index in [0.717, 1.165) is 5.56 Å². The van der Waals surface area contributed by atoms with E-state index in [1.807, 2.05) is 25.1 Å². The molecule has 1 saturated heterocycles. The van der Waals surface area contributed by atoms with Gasteiger partial charge in [-0.3, -0.25) is 4.79 Å². The fraction of sp³-hybridized carbons (Fsp3) is 0.429. The molecule has 1 aliphatic heterocycles. The molecule has 0 aliphatic carbocycles. The van der Waals surface area contributed by atoms with Gasteiger partial charge in [-0.25, -0.2) is 4.79 Å². The zero-order valence-electron chi connectivity index (χ0n) is 11.2. The Morgan fingerprint density at radius 3 is 2.80 bits per heavy atom. The number of likely N-dealkylation sites (tertiary alicyclic amines) is 1. The summed E-state index contributed by atoms with van der Waals surface area (Å²) >= 11 is 5.92. The zero-order valence-corrected chi connectivity index (χ0v) is 11.9. The molecule has 108 valence electrons. The average molecular weight is 297 g/mol. The van der Waals surface area contributed by atoms with E-state index in [-0.39, 0.29) is 24.4 Å². The Labute approximate surface area is 122 Å². The van der Waals surface area contributed by atoms with E-state index in [4.69, 9.17) is 16.7 Å². The first-order valence-corrected chi connectivity index (χ1v) is 6.86. The number of carboxylic acids is 1. The number of amides is 2. The van der Waals surface area contributed by atoms with Crippen LogP contribution in [0.15, 0.2) is 24.3 Å². The van der Waals surface area contributed by atoms with Gasteiger partial charge < -0.3 is 15.3 Å². The molecule has 1 aromatic carbocycles. The van der Waals surface area contributed by atoms with Crippen LogP contribution in [0.2, 0.25) is 5.02 Å². The van der Waals surface area contributed by atoms with Gasteiger partial charge in [0.05, 0.1) is 12.5 Å². The van der Waals surface area contributed by atoms with Crippen molar-refractivity contribution in [2.24, 2.45) is 5.92 Å². The molecule has 1 atom stereocenters. The molecule has 2 amide bonds. The number of carbonyl (C=O) groups is 2. The van der Waals surface area contributed by atoms with Crippen LogP contribution in [0, 0.1) is 5.92 Å². The highest BCUT2D eigenvalue weighted by molar-refractivity contribution is 6.30. The molecule has 6 heteroatoms. The highest BCUT2D eigenvalue weighted by Gasteiger charge is 2.32. The Balaban J connectivity index is 1.82. The van der Waals surface area contributed by atoms with Crippen molar-refractivity contribution in [3.63, 3.8) is 0 Å². The van der Waals surface area contributed by atoms with E-state index in [9.17, 15) is 9.59 Å². The maximum Gasteiger partial charge on any atom is 0.317 e. The number of nitrogens with zero attached hydrogens (tertiary/aromatic N) is 1. The predicted molar refractivity (Wildman–Crippen MR) is 75.7 cm³/mol. The topological polar surface area (TPSA) is 69.6 Å². The molecular weight excluding hydrogens is 280 g/mol. The molecule has 0 radical (unpaired) electrons. The second kappa shape index (κ2) is 6.13. The van der Waals surface area contributed by atoms with Crippen LogP contribution in [0.5, 0.6) is 0 Å². The van der Waals surface area contributed by atoms with E-state index in [2.05, 4.69) is 5.32 Å². The Morgan fingerprint density at radius 1 is 1.50 bits per heavy atom. The van der Waals surface area contributed by atoms with Crippen LogP contribution < -0.4 is 5.32 Å². The summed E-state index contributed by atoms with van der Waals surface area (Å²) in [7, 11) is 0. The molecule has 0 saturated carbocycles. The monoisotopic (exact) mass is 296 g/mol. The number of carboxylic acid groups (broad SMARTS) is 1. The molecule has 2 N–H and O–H groups in total. The zero-order chi connectivity index (χ0) is 14.7. The number of halogens is 1. The highest BCUT2D eigenvalue weighted by Crippen LogP contribution is 2.21. The maximum atomic E-state index is 12.0. The van der Waals surface area contributed by atoms with Gasteiger partial charge >= 0.3 is 12.0 Å². The molecule has 1 aliphatic rings. The third-order valence-corrected chi connectivity index (χ3v) is 3.63. The minimum Gasteiger partial charge on any atom is -0.481 e. The first-order valence-electron chi connectivity index (χ1n) is 6.48. The van der Waals surface area contributed by atoms with E-state index in [1.165, 1.54) is 0 Å². The lowest BCUT2D eigenvalue weighted by Gasteiger charge is -2.39. The van der Waals surface area contributed by atoms with Gasteiger partial charge in [0.1, 0.15) is 0 Å². The number of carbonyl (C=O) groups excluding carboxylic acids is 1. The van der Waals surface area contributed by atoms with Crippen LogP contribution in [-0.4, -0.2) is 35.1 Å². The smallest absolute Gasteiger partial charge is 0.317 e. The van der Waals surface area contributed by atoms with Gasteiger partial charge in [0.25, 0.3) is 0 Å². The number of hydrogen-bond donors (Lipinski definition) is 2. The molecule has 0 aromatic heterocycles. The van der Waals surface area contributed by atoms with Gasteiger partial charge in [-0.05, 0) is 24.6 Å². The summed E-state index contributed by atoms with van der Waals surface area (Å²) in [6.45, 7) is 2.89. The van der Waals surface area contributed by atoms with Gasteiger partial charge in [-0.1, -0.05) is 23.7 Å². The van der Waals surface area contributed by atoms with Crippen molar-refractivity contribution in [2.75, 3.05) is 13.1 Å². The van der Waals surface area contributed by atoms with Gasteiger partial charge in [-0.2, -0.15) is 0 Å². The molecule has 2 rings (SSSR count). The van der Waals surface area contributed by atoms with E-state index in [0.29, 0.717) is 18.1 Å². The standard InChI is InChI=1S/C14H17ClN2O3/c1-9(11-3-2-4-12(15)6-11)16-14(20)17-7-10(8-17)5-13(18)19/h2-4,6,9-10H,5,7-8H2,1H3,(H,16,20)(H,18,19). The number of urea groups is 1. The van der Waals surface area contributed by atoms with Crippen molar-refractivity contribution in [3.05, 3.63) is 34.9 Å². The Bertz CT molecular complexity index is 515. The summed E-state index contributed by atoms with van der Waals surface area (Å²) in [5.41, 5.74) is 0.938. The summed E-state index contributed by atoms with van der Waals surface area (Å²) < 4.78 is 0. The van der Waals surface area contributed by atoms with Crippen molar-refractivity contribution in [1.82, 2.24) is 10.2 Å². The molecule has 1 unspecified atom stereocenters. The number of nitrogens with one attached hydrogen (secondary N) is 1. The van der Waals surface area contributed by atoms with E-state index >= 15 is 0 Å². The average Bonchev–Trinajstić information content (AvgIpc) is 2.32. The molecule has 1 fully saturated rings. The second-order valence-corrected chi connectivity index (χ2v) is 5.53. The minimum absolute atomic E-state index is 0.0692. The lowest BCUT2D eigenvalue weighted by Crippen LogP contribution is -2.54. The largest absolute Gasteiger partial charge is 0.481 e. The Morgan fingerprint density at radius 2 is 2.20 bits per heavy atom. The predicted octanol–water partition coefficient (Wildman–Crippen LogP) is 2.52. The quantitative estimate of drug-likeness (QED) is 0.897.